The third-order valence-electron chi connectivity index (χ3n) is 4.44. The zero-order valence-corrected chi connectivity index (χ0v) is 13.4. The molecule has 6 nitrogen and oxygen atoms in total. The van der Waals surface area contributed by atoms with Gasteiger partial charge in [0.2, 0.25) is 0 Å². The molecule has 1 aromatic carbocycles. The molecule has 0 bridgehead atoms. The Bertz CT molecular complexity index is 674. The topological polar surface area (TPSA) is 74.2 Å². The molecule has 1 saturated carbocycles. The van der Waals surface area contributed by atoms with E-state index >= 15 is 0 Å². The number of ether oxygens (including phenoxy) is 2. The summed E-state index contributed by atoms with van der Waals surface area (Å²) in [6.45, 7) is 0. The Hall–Kier alpha value is -2.08. The van der Waals surface area contributed by atoms with Crippen LogP contribution in [0.3, 0.4) is 0 Å². The van der Waals surface area contributed by atoms with Crippen LogP contribution in [0.4, 0.5) is 0 Å². The molecule has 0 radical (unpaired) electrons. The van der Waals surface area contributed by atoms with Crippen molar-refractivity contribution in [2.45, 2.75) is 12.5 Å². The zero-order chi connectivity index (χ0) is 16.6. The Morgan fingerprint density at radius 3 is 2.48 bits per heavy atom. The first kappa shape index (κ1) is 15.8. The van der Waals surface area contributed by atoms with E-state index in [0.29, 0.717) is 22.7 Å². The Balaban J connectivity index is 1.98. The van der Waals surface area contributed by atoms with Crippen molar-refractivity contribution in [2.24, 2.45) is 22.9 Å². The van der Waals surface area contributed by atoms with Crippen LogP contribution in [0.15, 0.2) is 29.4 Å². The first-order chi connectivity index (χ1) is 11.1. The van der Waals surface area contributed by atoms with Gasteiger partial charge < -0.3 is 14.3 Å². The van der Waals surface area contributed by atoms with Crippen LogP contribution in [0.25, 0.3) is 0 Å². The summed E-state index contributed by atoms with van der Waals surface area (Å²) in [7, 11) is 2.64. The van der Waals surface area contributed by atoms with E-state index in [4.69, 9.17) is 25.9 Å². The average molecular weight is 338 g/mol. The van der Waals surface area contributed by atoms with E-state index in [1.54, 1.807) is 6.07 Å². The number of rotatable bonds is 3. The van der Waals surface area contributed by atoms with Crippen molar-refractivity contribution in [3.05, 3.63) is 34.9 Å². The highest BCUT2D eigenvalue weighted by Crippen LogP contribution is 2.45. The fourth-order valence-corrected chi connectivity index (χ4v) is 3.60. The maximum Gasteiger partial charge on any atom is 0.312 e. The Morgan fingerprint density at radius 1 is 1.17 bits per heavy atom. The molecule has 7 heteroatoms. The SMILES string of the molecule is COC(=O)[C@H]1C[C@@H](C(=O)OC)[C@H]2ON=C(c3ccccc3Cl)[C@H]21. The molecular formula is C16H16ClNO5. The summed E-state index contributed by atoms with van der Waals surface area (Å²) in [6, 6.07) is 7.19. The van der Waals surface area contributed by atoms with E-state index in [2.05, 4.69) is 5.16 Å². The number of nitrogens with zero attached hydrogens (tertiary/aromatic N) is 1. The highest BCUT2D eigenvalue weighted by molar-refractivity contribution is 6.34. The highest BCUT2D eigenvalue weighted by Gasteiger charge is 2.57. The van der Waals surface area contributed by atoms with E-state index in [1.807, 2.05) is 18.2 Å². The minimum absolute atomic E-state index is 0.304. The summed E-state index contributed by atoms with van der Waals surface area (Å²) in [5.41, 5.74) is 1.27. The molecule has 1 fully saturated rings. The molecule has 4 atom stereocenters. The summed E-state index contributed by atoms with van der Waals surface area (Å²) >= 11 is 6.24. The summed E-state index contributed by atoms with van der Waals surface area (Å²) in [4.78, 5) is 29.6. The van der Waals surface area contributed by atoms with Crippen LogP contribution >= 0.6 is 11.6 Å². The summed E-state index contributed by atoms with van der Waals surface area (Å²) in [5, 5.41) is 4.62. The Kier molecular flexibility index (Phi) is 4.26. The van der Waals surface area contributed by atoms with Crippen molar-refractivity contribution in [2.75, 3.05) is 14.2 Å². The van der Waals surface area contributed by atoms with Gasteiger partial charge in [0.25, 0.3) is 0 Å². The molecule has 0 amide bonds. The lowest BCUT2D eigenvalue weighted by atomic mass is 9.87. The first-order valence-electron chi connectivity index (χ1n) is 7.22. The molecule has 0 aromatic heterocycles. The molecule has 0 spiro atoms. The van der Waals surface area contributed by atoms with E-state index in [-0.39, 0.29) is 5.92 Å². The molecule has 2 aliphatic rings. The second-order valence-corrected chi connectivity index (χ2v) is 5.95. The van der Waals surface area contributed by atoms with Crippen LogP contribution in [-0.4, -0.2) is 38.0 Å². The second-order valence-electron chi connectivity index (χ2n) is 5.55. The van der Waals surface area contributed by atoms with Gasteiger partial charge in [-0.3, -0.25) is 9.59 Å². The largest absolute Gasteiger partial charge is 0.469 e. The van der Waals surface area contributed by atoms with E-state index in [1.165, 1.54) is 14.2 Å². The van der Waals surface area contributed by atoms with Crippen molar-refractivity contribution in [3.8, 4) is 0 Å². The van der Waals surface area contributed by atoms with Crippen LogP contribution < -0.4 is 0 Å². The third-order valence-corrected chi connectivity index (χ3v) is 4.77. The standard InChI is InChI=1S/C16H16ClNO5/c1-21-15(19)9-7-10(16(20)22-2)14-12(9)13(18-23-14)8-5-3-4-6-11(8)17/h3-6,9-10,12,14H,7H2,1-2H3/t9-,10+,12+,14+/m0/s1. The van der Waals surface area contributed by atoms with Crippen LogP contribution in [0.2, 0.25) is 5.02 Å². The normalized spacial score (nSPS) is 28.6. The number of benzene rings is 1. The van der Waals surface area contributed by atoms with Gasteiger partial charge in [-0.15, -0.1) is 0 Å². The minimum atomic E-state index is -0.558. The second kappa shape index (κ2) is 6.20. The van der Waals surface area contributed by atoms with Gasteiger partial charge in [-0.1, -0.05) is 35.0 Å². The molecule has 23 heavy (non-hydrogen) atoms. The molecular weight excluding hydrogens is 322 g/mol. The van der Waals surface area contributed by atoms with Crippen molar-refractivity contribution in [1.82, 2.24) is 0 Å². The lowest BCUT2D eigenvalue weighted by Crippen LogP contribution is -2.32. The quantitative estimate of drug-likeness (QED) is 0.789. The van der Waals surface area contributed by atoms with Gasteiger partial charge in [-0.05, 0) is 12.5 Å². The fourth-order valence-electron chi connectivity index (χ4n) is 3.37. The number of hydrogen-bond acceptors (Lipinski definition) is 6. The zero-order valence-electron chi connectivity index (χ0n) is 12.7. The Labute approximate surface area is 138 Å². The lowest BCUT2D eigenvalue weighted by molar-refractivity contribution is -0.149. The van der Waals surface area contributed by atoms with Crippen LogP contribution in [0.1, 0.15) is 12.0 Å². The van der Waals surface area contributed by atoms with E-state index in [9.17, 15) is 9.59 Å². The van der Waals surface area contributed by atoms with Gasteiger partial charge in [0, 0.05) is 10.6 Å². The molecule has 1 aliphatic heterocycles. The van der Waals surface area contributed by atoms with Gasteiger partial charge in [0.1, 0.15) is 6.10 Å². The fraction of sp³-hybridized carbons (Fsp3) is 0.438. The first-order valence-corrected chi connectivity index (χ1v) is 7.60. The molecule has 1 aromatic rings. The smallest absolute Gasteiger partial charge is 0.312 e. The number of halogens is 1. The molecule has 0 saturated heterocycles. The number of esters is 2. The van der Waals surface area contributed by atoms with Crippen molar-refractivity contribution >= 4 is 29.3 Å². The minimum Gasteiger partial charge on any atom is -0.469 e. The van der Waals surface area contributed by atoms with Gasteiger partial charge in [0.15, 0.2) is 0 Å². The third kappa shape index (κ3) is 2.57. The highest BCUT2D eigenvalue weighted by atomic mass is 35.5. The molecule has 1 aliphatic carbocycles. The lowest BCUT2D eigenvalue weighted by Gasteiger charge is -2.17. The summed E-state index contributed by atoms with van der Waals surface area (Å²) in [6.07, 6.45) is -0.240. The van der Waals surface area contributed by atoms with E-state index < -0.39 is 29.9 Å². The molecule has 0 N–H and O–H groups in total. The monoisotopic (exact) mass is 337 g/mol. The van der Waals surface area contributed by atoms with Gasteiger partial charge in [-0.2, -0.15) is 0 Å². The van der Waals surface area contributed by atoms with Crippen LogP contribution in [-0.2, 0) is 23.9 Å². The molecule has 3 rings (SSSR count). The van der Waals surface area contributed by atoms with Crippen molar-refractivity contribution in [3.63, 3.8) is 0 Å². The molecule has 1 heterocycles. The van der Waals surface area contributed by atoms with Gasteiger partial charge in [0.05, 0.1) is 37.7 Å². The van der Waals surface area contributed by atoms with Crippen LogP contribution in [0, 0.1) is 17.8 Å². The number of methoxy groups -OCH3 is 2. The predicted molar refractivity (Wildman–Crippen MR) is 82.0 cm³/mol. The number of carbonyl (C=O) groups is 2. The van der Waals surface area contributed by atoms with E-state index in [0.717, 1.165) is 0 Å². The Morgan fingerprint density at radius 2 is 1.83 bits per heavy atom. The van der Waals surface area contributed by atoms with Crippen molar-refractivity contribution in [1.29, 1.82) is 0 Å². The predicted octanol–water partition coefficient (Wildman–Crippen LogP) is 2.04. The van der Waals surface area contributed by atoms with Crippen LogP contribution in [0.5, 0.6) is 0 Å². The maximum atomic E-state index is 12.2. The maximum absolute atomic E-state index is 12.2. The summed E-state index contributed by atoms with van der Waals surface area (Å²) < 4.78 is 9.70. The number of carbonyl (C=O) groups excluding carboxylic acids is 2. The van der Waals surface area contributed by atoms with Gasteiger partial charge >= 0.3 is 11.9 Å². The van der Waals surface area contributed by atoms with Gasteiger partial charge in [-0.25, -0.2) is 0 Å². The molecule has 122 valence electrons. The molecule has 0 unspecified atom stereocenters. The number of oxime groups is 1. The number of hydrogen-bond donors (Lipinski definition) is 0. The number of fused-ring (bicyclic) bond motifs is 1. The average Bonchev–Trinajstić information content (AvgIpc) is 3.14. The summed E-state index contributed by atoms with van der Waals surface area (Å²) in [5.74, 6) is -2.27. The van der Waals surface area contributed by atoms with Crippen molar-refractivity contribution < 1.29 is 23.9 Å².